The van der Waals surface area contributed by atoms with E-state index in [9.17, 15) is 0 Å². The van der Waals surface area contributed by atoms with E-state index in [1.165, 1.54) is 11.1 Å². The molecule has 2 heterocycles. The lowest BCUT2D eigenvalue weighted by molar-refractivity contribution is 0.561. The number of rotatable bonds is 4. The number of hydrogen-bond acceptors (Lipinski definition) is 4. The Labute approximate surface area is 125 Å². The summed E-state index contributed by atoms with van der Waals surface area (Å²) in [7, 11) is 0. The maximum atomic E-state index is 4.85. The molecule has 0 aromatic carbocycles. The van der Waals surface area contributed by atoms with E-state index >= 15 is 0 Å². The molecule has 3 nitrogen and oxygen atoms in total. The lowest BCUT2D eigenvalue weighted by Crippen LogP contribution is -2.23. The third-order valence-corrected chi connectivity index (χ3v) is 4.25. The van der Waals surface area contributed by atoms with Gasteiger partial charge in [-0.2, -0.15) is 0 Å². The lowest BCUT2D eigenvalue weighted by atomic mass is 9.93. The van der Waals surface area contributed by atoms with Gasteiger partial charge in [-0.15, -0.1) is 11.3 Å². The SMILES string of the molecule is CCNC(c1nc(C(C)(C)C)cs1)c1cnccc1C. The molecule has 1 N–H and O–H groups in total. The normalized spacial score (nSPS) is 13.4. The van der Waals surface area contributed by atoms with E-state index in [1.54, 1.807) is 11.3 Å². The van der Waals surface area contributed by atoms with Crippen molar-refractivity contribution in [1.82, 2.24) is 15.3 Å². The highest BCUT2D eigenvalue weighted by molar-refractivity contribution is 7.09. The monoisotopic (exact) mass is 289 g/mol. The summed E-state index contributed by atoms with van der Waals surface area (Å²) in [6.45, 7) is 11.7. The molecule has 108 valence electrons. The summed E-state index contributed by atoms with van der Waals surface area (Å²) in [5, 5.41) is 6.82. The molecule has 0 saturated heterocycles. The van der Waals surface area contributed by atoms with E-state index in [4.69, 9.17) is 4.98 Å². The Morgan fingerprint density at radius 3 is 2.65 bits per heavy atom. The summed E-state index contributed by atoms with van der Waals surface area (Å²) in [5.41, 5.74) is 3.71. The highest BCUT2D eigenvalue weighted by Crippen LogP contribution is 2.30. The van der Waals surface area contributed by atoms with Gasteiger partial charge in [0.15, 0.2) is 0 Å². The van der Waals surface area contributed by atoms with Crippen LogP contribution < -0.4 is 5.32 Å². The number of thiazole rings is 1. The van der Waals surface area contributed by atoms with E-state index in [1.807, 2.05) is 12.4 Å². The number of hydrogen-bond donors (Lipinski definition) is 1. The number of nitrogens with zero attached hydrogens (tertiary/aromatic N) is 2. The van der Waals surface area contributed by atoms with Gasteiger partial charge in [0, 0.05) is 23.2 Å². The average Bonchev–Trinajstić information content (AvgIpc) is 2.86. The zero-order valence-corrected chi connectivity index (χ0v) is 13.7. The Hall–Kier alpha value is -1.26. The van der Waals surface area contributed by atoms with Gasteiger partial charge in [0.05, 0.1) is 11.7 Å². The highest BCUT2D eigenvalue weighted by Gasteiger charge is 2.23. The molecule has 20 heavy (non-hydrogen) atoms. The summed E-state index contributed by atoms with van der Waals surface area (Å²) in [5.74, 6) is 0. The number of aromatic nitrogens is 2. The van der Waals surface area contributed by atoms with Crippen molar-refractivity contribution < 1.29 is 0 Å². The van der Waals surface area contributed by atoms with Crippen molar-refractivity contribution >= 4 is 11.3 Å². The molecule has 0 saturated carbocycles. The third kappa shape index (κ3) is 3.25. The van der Waals surface area contributed by atoms with Crippen molar-refractivity contribution in [3.05, 3.63) is 45.7 Å². The second-order valence-corrected chi connectivity index (χ2v) is 6.93. The van der Waals surface area contributed by atoms with E-state index in [-0.39, 0.29) is 11.5 Å². The first kappa shape index (κ1) is 15.1. The molecule has 1 atom stereocenters. The molecule has 4 heteroatoms. The van der Waals surface area contributed by atoms with Crippen molar-refractivity contribution in [1.29, 1.82) is 0 Å². The van der Waals surface area contributed by atoms with Gasteiger partial charge in [0.1, 0.15) is 5.01 Å². The smallest absolute Gasteiger partial charge is 0.114 e. The Kier molecular flexibility index (Phi) is 4.55. The van der Waals surface area contributed by atoms with E-state index in [2.05, 4.69) is 56.4 Å². The highest BCUT2D eigenvalue weighted by atomic mass is 32.1. The largest absolute Gasteiger partial charge is 0.304 e. The molecule has 0 fully saturated rings. The van der Waals surface area contributed by atoms with Crippen LogP contribution >= 0.6 is 11.3 Å². The molecular formula is C16H23N3S. The molecule has 2 aromatic rings. The fraction of sp³-hybridized carbons (Fsp3) is 0.500. The number of aryl methyl sites for hydroxylation is 1. The van der Waals surface area contributed by atoms with Gasteiger partial charge >= 0.3 is 0 Å². The maximum absolute atomic E-state index is 4.85. The molecule has 0 bridgehead atoms. The Bertz CT molecular complexity index is 569. The average molecular weight is 289 g/mol. The van der Waals surface area contributed by atoms with E-state index in [0.717, 1.165) is 17.2 Å². The molecule has 0 radical (unpaired) electrons. The van der Waals surface area contributed by atoms with Crippen LogP contribution in [0.3, 0.4) is 0 Å². The van der Waals surface area contributed by atoms with Crippen molar-refractivity contribution in [2.45, 2.75) is 46.1 Å². The first-order chi connectivity index (χ1) is 9.43. The van der Waals surface area contributed by atoms with Gasteiger partial charge in [0.25, 0.3) is 0 Å². The summed E-state index contributed by atoms with van der Waals surface area (Å²) in [6.07, 6.45) is 3.78. The van der Waals surface area contributed by atoms with Crippen molar-refractivity contribution in [3.63, 3.8) is 0 Å². The Balaban J connectivity index is 2.39. The number of nitrogens with one attached hydrogen (secondary N) is 1. The predicted octanol–water partition coefficient (Wildman–Crippen LogP) is 3.84. The minimum Gasteiger partial charge on any atom is -0.304 e. The van der Waals surface area contributed by atoms with E-state index in [0.29, 0.717) is 0 Å². The molecule has 1 unspecified atom stereocenters. The van der Waals surface area contributed by atoms with Crippen LogP contribution in [0.25, 0.3) is 0 Å². The van der Waals surface area contributed by atoms with Crippen LogP contribution in [-0.4, -0.2) is 16.5 Å². The fourth-order valence-electron chi connectivity index (χ4n) is 2.08. The molecule has 0 spiro atoms. The van der Waals surface area contributed by atoms with Crippen LogP contribution in [0.4, 0.5) is 0 Å². The quantitative estimate of drug-likeness (QED) is 0.929. The third-order valence-electron chi connectivity index (χ3n) is 3.34. The second-order valence-electron chi connectivity index (χ2n) is 6.04. The van der Waals surface area contributed by atoms with Gasteiger partial charge in [0.2, 0.25) is 0 Å². The van der Waals surface area contributed by atoms with Crippen LogP contribution in [0.1, 0.15) is 55.6 Å². The van der Waals surface area contributed by atoms with Crippen LogP contribution in [0.2, 0.25) is 0 Å². The summed E-state index contributed by atoms with van der Waals surface area (Å²) >= 11 is 1.73. The standard InChI is InChI=1S/C16H23N3S/c1-6-18-14(12-9-17-8-7-11(12)2)15-19-13(10-20-15)16(3,4)5/h7-10,14,18H,6H2,1-5H3. The molecule has 2 rings (SSSR count). The minimum absolute atomic E-state index is 0.0928. The van der Waals surface area contributed by atoms with Crippen LogP contribution in [0.5, 0.6) is 0 Å². The topological polar surface area (TPSA) is 37.8 Å². The zero-order valence-electron chi connectivity index (χ0n) is 12.9. The zero-order chi connectivity index (χ0) is 14.8. The minimum atomic E-state index is 0.0928. The Morgan fingerprint density at radius 2 is 2.10 bits per heavy atom. The van der Waals surface area contributed by atoms with Gasteiger partial charge < -0.3 is 5.32 Å². The van der Waals surface area contributed by atoms with Gasteiger partial charge in [-0.1, -0.05) is 27.7 Å². The first-order valence-corrected chi connectivity index (χ1v) is 7.91. The van der Waals surface area contributed by atoms with Crippen LogP contribution in [0.15, 0.2) is 23.8 Å². The van der Waals surface area contributed by atoms with Crippen LogP contribution in [-0.2, 0) is 5.41 Å². The summed E-state index contributed by atoms with van der Waals surface area (Å²) in [4.78, 5) is 9.11. The molecule has 0 aliphatic rings. The first-order valence-electron chi connectivity index (χ1n) is 7.03. The molecule has 0 aliphatic heterocycles. The summed E-state index contributed by atoms with van der Waals surface area (Å²) in [6, 6.07) is 2.19. The maximum Gasteiger partial charge on any atom is 0.114 e. The lowest BCUT2D eigenvalue weighted by Gasteiger charge is -2.18. The van der Waals surface area contributed by atoms with Gasteiger partial charge in [-0.05, 0) is 30.7 Å². The number of pyridine rings is 1. The molecule has 2 aromatic heterocycles. The Morgan fingerprint density at radius 1 is 1.35 bits per heavy atom. The van der Waals surface area contributed by atoms with Crippen molar-refractivity contribution in [2.75, 3.05) is 6.54 Å². The second kappa shape index (κ2) is 6.02. The molecule has 0 amide bonds. The molecular weight excluding hydrogens is 266 g/mol. The van der Waals surface area contributed by atoms with Crippen LogP contribution in [0, 0.1) is 6.92 Å². The van der Waals surface area contributed by atoms with E-state index < -0.39 is 0 Å². The van der Waals surface area contributed by atoms with Gasteiger partial charge in [-0.3, -0.25) is 4.98 Å². The van der Waals surface area contributed by atoms with Crippen molar-refractivity contribution in [3.8, 4) is 0 Å². The molecule has 0 aliphatic carbocycles. The van der Waals surface area contributed by atoms with Crippen molar-refractivity contribution in [2.24, 2.45) is 0 Å². The fourth-order valence-corrected chi connectivity index (χ4v) is 3.21. The van der Waals surface area contributed by atoms with Gasteiger partial charge in [-0.25, -0.2) is 4.98 Å². The predicted molar refractivity (Wildman–Crippen MR) is 85.3 cm³/mol. The summed E-state index contributed by atoms with van der Waals surface area (Å²) < 4.78 is 0.